The number of likely N-dealkylation sites (tertiary alicyclic amines) is 1. The van der Waals surface area contributed by atoms with Gasteiger partial charge in [-0.05, 0) is 75.4 Å². The van der Waals surface area contributed by atoms with Gasteiger partial charge in [0.25, 0.3) is 17.7 Å². The third-order valence-corrected chi connectivity index (χ3v) is 17.2. The van der Waals surface area contributed by atoms with Gasteiger partial charge in [0.05, 0.1) is 69.6 Å². The summed E-state index contributed by atoms with van der Waals surface area (Å²) in [6.07, 6.45) is 2.66. The van der Waals surface area contributed by atoms with Gasteiger partial charge in [0, 0.05) is 134 Å². The van der Waals surface area contributed by atoms with E-state index < -0.39 is 91.1 Å². The number of carbonyl (C=O) groups is 9. The number of aliphatic hydroxyl groups is 1. The lowest BCUT2D eigenvalue weighted by molar-refractivity contribution is -0.141. The maximum atomic E-state index is 13.9. The molecule has 3 aliphatic heterocycles. The molecule has 0 aliphatic carbocycles. The van der Waals surface area contributed by atoms with Crippen LogP contribution in [0.5, 0.6) is 5.75 Å². The molecule has 8 N–H and O–H groups in total. The molecule has 516 valence electrons. The second-order valence-electron chi connectivity index (χ2n) is 23.5. The van der Waals surface area contributed by atoms with Crippen molar-refractivity contribution < 1.29 is 81.8 Å². The number of nitriles is 1. The standard InChI is InChI=1S/C63H89F2N13O15S/c1-45-7-9-46(10-8-45)5-4-6-54(80)68-16-33-92-32-14-52(71-55(81)39-73-19-21-74(40-57(83)84)23-25-76(42-59(87)88)26-24-75(22-20-73)41-58(85)86)61(90)69-17-34-94-43-53(79)62(91)77-29-27-72(28-30-77)18-2-3-31-93-48-11-12-51-50(35-48)49(13-15-67-51)60(89)70-38-56(82)78-44-63(64,65)36-47(78)37-66/h7-13,15,35,47,52-53,79H,2-6,14,16-34,36,38-44H2,1H3,(H,68,80)(H,69,90)(H,70,89)(H,71,81)(H,83,84)(H,85,86)(H,87,88)/t47-,52?,53-/m1/s1. The Labute approximate surface area is 549 Å². The summed E-state index contributed by atoms with van der Waals surface area (Å²) in [6, 6.07) is 14.0. The van der Waals surface area contributed by atoms with Crippen LogP contribution in [0, 0.1) is 18.3 Å². The normalized spacial score (nSPS) is 17.8. The Morgan fingerprint density at radius 1 is 0.723 bits per heavy atom. The fraction of sp³-hybridized carbons (Fsp3) is 0.603. The van der Waals surface area contributed by atoms with Crippen LogP contribution in [0.2, 0.25) is 0 Å². The summed E-state index contributed by atoms with van der Waals surface area (Å²) in [7, 11) is 0. The first-order valence-electron chi connectivity index (χ1n) is 31.7. The summed E-state index contributed by atoms with van der Waals surface area (Å²) in [5.74, 6) is -8.60. The molecular formula is C63H89F2N13O15S. The molecule has 1 unspecified atom stereocenters. The molecule has 3 aliphatic rings. The molecule has 6 amide bonds. The van der Waals surface area contributed by atoms with E-state index in [9.17, 15) is 77.6 Å². The minimum Gasteiger partial charge on any atom is -0.494 e. The van der Waals surface area contributed by atoms with E-state index in [0.717, 1.165) is 35.4 Å². The topological polar surface area (TPSA) is 360 Å². The van der Waals surface area contributed by atoms with E-state index in [-0.39, 0.29) is 128 Å². The second-order valence-corrected chi connectivity index (χ2v) is 24.7. The number of aromatic nitrogens is 1. The molecule has 31 heteroatoms. The molecule has 0 spiro atoms. The number of nitrogens with one attached hydrogen (secondary N) is 4. The van der Waals surface area contributed by atoms with Gasteiger partial charge >= 0.3 is 17.9 Å². The Morgan fingerprint density at radius 3 is 1.96 bits per heavy atom. The Morgan fingerprint density at radius 2 is 1.34 bits per heavy atom. The van der Waals surface area contributed by atoms with Crippen LogP contribution in [0.4, 0.5) is 8.78 Å². The number of alkyl halides is 2. The summed E-state index contributed by atoms with van der Waals surface area (Å²) in [5, 5.41) is 60.4. The Balaban J connectivity index is 0.920. The van der Waals surface area contributed by atoms with Gasteiger partial charge in [0.1, 0.15) is 23.9 Å². The van der Waals surface area contributed by atoms with Gasteiger partial charge in [0.2, 0.25) is 23.6 Å². The molecule has 3 aromatic rings. The molecule has 3 saturated heterocycles. The van der Waals surface area contributed by atoms with Gasteiger partial charge in [-0.15, -0.1) is 0 Å². The number of rotatable bonds is 35. The van der Waals surface area contributed by atoms with Crippen LogP contribution < -0.4 is 26.0 Å². The minimum absolute atomic E-state index is 0.0311. The predicted molar refractivity (Wildman–Crippen MR) is 342 cm³/mol. The lowest BCUT2D eigenvalue weighted by atomic mass is 10.1. The number of ether oxygens (including phenoxy) is 2. The first-order chi connectivity index (χ1) is 45.0. The number of carboxylic acids is 3. The quantitative estimate of drug-likeness (QED) is 0.0361. The summed E-state index contributed by atoms with van der Waals surface area (Å²) in [5.41, 5.74) is 2.99. The Kier molecular flexibility index (Phi) is 31.4. The number of carboxylic acid groups (broad SMARTS) is 3. The number of hydrogen-bond donors (Lipinski definition) is 8. The summed E-state index contributed by atoms with van der Waals surface area (Å²) in [6.45, 7) is 4.46. The zero-order chi connectivity index (χ0) is 68.0. The van der Waals surface area contributed by atoms with E-state index in [1.54, 1.807) is 48.8 Å². The van der Waals surface area contributed by atoms with E-state index in [1.165, 1.54) is 24.0 Å². The van der Waals surface area contributed by atoms with E-state index >= 15 is 0 Å². The lowest BCUT2D eigenvalue weighted by Gasteiger charge is -2.35. The number of carbonyl (C=O) groups excluding carboxylic acids is 6. The maximum Gasteiger partial charge on any atom is 0.317 e. The van der Waals surface area contributed by atoms with Gasteiger partial charge in [-0.25, -0.2) is 8.78 Å². The molecule has 4 heterocycles. The molecule has 0 bridgehead atoms. The van der Waals surface area contributed by atoms with E-state index in [0.29, 0.717) is 74.5 Å². The average Bonchev–Trinajstić information content (AvgIpc) is 1.38. The van der Waals surface area contributed by atoms with E-state index in [1.807, 2.05) is 31.2 Å². The van der Waals surface area contributed by atoms with Crippen molar-refractivity contribution in [1.29, 1.82) is 5.26 Å². The van der Waals surface area contributed by atoms with Crippen molar-refractivity contribution in [3.63, 3.8) is 0 Å². The van der Waals surface area contributed by atoms with Gasteiger partial charge < -0.3 is 61.0 Å². The third-order valence-electron chi connectivity index (χ3n) is 16.2. The number of pyridine rings is 1. The average molecular weight is 1340 g/mol. The second kappa shape index (κ2) is 39.2. The number of aryl methyl sites for hydroxylation is 2. The van der Waals surface area contributed by atoms with Crippen molar-refractivity contribution in [3.8, 4) is 11.8 Å². The lowest BCUT2D eigenvalue weighted by Crippen LogP contribution is -2.52. The molecule has 28 nitrogen and oxygen atoms in total. The SMILES string of the molecule is Cc1ccc(CCCC(=O)NCCOCCC(NC(=O)CN2CCN(CC(=O)O)CCN(CC(=O)O)CCN(CC(=O)O)CC2)C(=O)NCCSC[C@@H](O)C(=O)N2CCN(CCCCOc3ccc4nccc(C(=O)NCC(=O)N5CC(F)(F)C[C@@H]5C#N)c4c3)CC2)cc1. The first kappa shape index (κ1) is 75.3. The number of unbranched alkanes of at least 4 members (excludes halogenated alkanes) is 1. The molecule has 3 fully saturated rings. The van der Waals surface area contributed by atoms with Crippen molar-refractivity contribution in [1.82, 2.24) is 60.6 Å². The highest BCUT2D eigenvalue weighted by atomic mass is 32.2. The molecule has 1 aromatic heterocycles. The zero-order valence-electron chi connectivity index (χ0n) is 53.2. The molecule has 0 radical (unpaired) electrons. The monoisotopic (exact) mass is 1340 g/mol. The number of benzene rings is 2. The summed E-state index contributed by atoms with van der Waals surface area (Å²) in [4.78, 5) is 130. The largest absolute Gasteiger partial charge is 0.494 e. The highest BCUT2D eigenvalue weighted by Crippen LogP contribution is 2.32. The molecule has 6 rings (SSSR count). The third kappa shape index (κ3) is 27.0. The number of thioether (sulfide) groups is 1. The van der Waals surface area contributed by atoms with Crippen molar-refractivity contribution in [2.24, 2.45) is 0 Å². The fourth-order valence-corrected chi connectivity index (χ4v) is 11.8. The van der Waals surface area contributed by atoms with Crippen LogP contribution in [0.25, 0.3) is 10.9 Å². The van der Waals surface area contributed by atoms with Crippen LogP contribution in [0.15, 0.2) is 54.7 Å². The number of aliphatic carboxylic acids is 3. The molecule has 0 saturated carbocycles. The number of amides is 6. The van der Waals surface area contributed by atoms with Crippen LogP contribution in [-0.2, 0) is 49.5 Å². The highest BCUT2D eigenvalue weighted by molar-refractivity contribution is 7.99. The fourth-order valence-electron chi connectivity index (χ4n) is 11.0. The molecule has 94 heavy (non-hydrogen) atoms. The van der Waals surface area contributed by atoms with E-state index in [2.05, 4.69) is 31.2 Å². The number of fused-ring (bicyclic) bond motifs is 1. The number of piperazine rings is 1. The number of halogens is 2. The smallest absolute Gasteiger partial charge is 0.317 e. The summed E-state index contributed by atoms with van der Waals surface area (Å²) >= 11 is 1.26. The zero-order valence-corrected chi connectivity index (χ0v) is 54.0. The number of nitrogens with zero attached hydrogens (tertiary/aromatic N) is 9. The summed E-state index contributed by atoms with van der Waals surface area (Å²) < 4.78 is 39.6. The van der Waals surface area contributed by atoms with Crippen molar-refractivity contribution in [2.75, 3.05) is 169 Å². The van der Waals surface area contributed by atoms with Crippen LogP contribution in [-0.4, -0.2) is 306 Å². The molecular weight excluding hydrogens is 1250 g/mol. The van der Waals surface area contributed by atoms with Crippen LogP contribution in [0.3, 0.4) is 0 Å². The van der Waals surface area contributed by atoms with Crippen LogP contribution in [0.1, 0.15) is 60.0 Å². The number of aliphatic hydroxyl groups excluding tert-OH is 1. The predicted octanol–water partition coefficient (Wildman–Crippen LogP) is 0.0523. The molecule has 3 atom stereocenters. The van der Waals surface area contributed by atoms with Crippen molar-refractivity contribution >= 4 is 76.0 Å². The highest BCUT2D eigenvalue weighted by Gasteiger charge is 2.47. The van der Waals surface area contributed by atoms with Crippen LogP contribution >= 0.6 is 11.8 Å². The Bertz CT molecular complexity index is 3020. The Hall–Kier alpha value is -7.70. The van der Waals surface area contributed by atoms with Gasteiger partial charge in [0.15, 0.2) is 0 Å². The number of hydrogen-bond acceptors (Lipinski definition) is 20. The minimum atomic E-state index is -3.19. The first-order valence-corrected chi connectivity index (χ1v) is 32.9. The van der Waals surface area contributed by atoms with Crippen molar-refractivity contribution in [2.45, 2.75) is 76.0 Å². The van der Waals surface area contributed by atoms with Gasteiger partial charge in [-0.3, -0.25) is 72.6 Å². The van der Waals surface area contributed by atoms with Gasteiger partial charge in [-0.1, -0.05) is 29.8 Å². The van der Waals surface area contributed by atoms with Gasteiger partial charge in [-0.2, -0.15) is 17.0 Å². The van der Waals surface area contributed by atoms with E-state index in [4.69, 9.17) is 9.47 Å². The van der Waals surface area contributed by atoms with Crippen molar-refractivity contribution in [3.05, 3.63) is 71.4 Å². The molecule has 2 aromatic carbocycles. The maximum absolute atomic E-state index is 13.9.